The first-order valence-corrected chi connectivity index (χ1v) is 6.69. The quantitative estimate of drug-likeness (QED) is 0.409. The lowest BCUT2D eigenvalue weighted by molar-refractivity contribution is -0.116. The summed E-state index contributed by atoms with van der Waals surface area (Å²) in [5.74, 6) is -2.41. The predicted molar refractivity (Wildman–Crippen MR) is 48.1 cm³/mol. The van der Waals surface area contributed by atoms with Crippen molar-refractivity contribution in [2.45, 2.75) is 5.40 Å². The Kier molecular flexibility index (Phi) is 4.48. The number of hydrogen-bond acceptors (Lipinski definition) is 4. The minimum atomic E-state index is -4.89. The Balaban J connectivity index is 4.87. The Hall–Kier alpha value is -0.680. The van der Waals surface area contributed by atoms with Gasteiger partial charge in [0.15, 0.2) is 5.40 Å². The molecule has 2 amide bonds. The number of primary amides is 2. The van der Waals surface area contributed by atoms with Gasteiger partial charge < -0.3 is 25.8 Å². The molecule has 2 atom stereocenters. The van der Waals surface area contributed by atoms with Crippen LogP contribution in [0.25, 0.3) is 0 Å². The zero-order chi connectivity index (χ0) is 11.5. The molecule has 0 radical (unpaired) electrons. The van der Waals surface area contributed by atoms with Gasteiger partial charge in [0.25, 0.3) is 0 Å². The van der Waals surface area contributed by atoms with E-state index in [1.807, 2.05) is 0 Å². The Bertz CT molecular complexity index is 322. The number of nitrogens with two attached hydrogens (primary N) is 2. The van der Waals surface area contributed by atoms with Crippen molar-refractivity contribution in [3.8, 4) is 0 Å². The third-order valence-electron chi connectivity index (χ3n) is 1.26. The summed E-state index contributed by atoms with van der Waals surface area (Å²) >= 11 is 0. The van der Waals surface area contributed by atoms with Crippen LogP contribution in [0.5, 0.6) is 0 Å². The van der Waals surface area contributed by atoms with Crippen LogP contribution >= 0.6 is 15.4 Å². The molecule has 14 heavy (non-hydrogen) atoms. The van der Waals surface area contributed by atoms with Gasteiger partial charge in [-0.3, -0.25) is 14.2 Å². The molecular formula is C4H10N2O6P2. The highest BCUT2D eigenvalue weighted by atomic mass is 31.2. The molecule has 0 saturated heterocycles. The molecule has 10 heteroatoms. The van der Waals surface area contributed by atoms with E-state index < -0.39 is 38.8 Å². The van der Waals surface area contributed by atoms with Crippen molar-refractivity contribution < 1.29 is 28.5 Å². The number of carbonyl (C=O) groups is 2. The van der Waals surface area contributed by atoms with Crippen LogP contribution in [-0.2, 0) is 18.7 Å². The second kappa shape index (κ2) is 4.70. The Morgan fingerprint density at radius 3 is 2.00 bits per heavy atom. The SMILES string of the molecule is NC(=O)C[PH](=O)C(C(N)=O)P(=O)(O)O. The number of carbonyl (C=O) groups excluding carboxylic acids is 2. The van der Waals surface area contributed by atoms with Crippen LogP contribution in [0.2, 0.25) is 0 Å². The lowest BCUT2D eigenvalue weighted by atomic mass is 10.7. The van der Waals surface area contributed by atoms with Crippen LogP contribution in [0.3, 0.4) is 0 Å². The molecule has 0 bridgehead atoms. The van der Waals surface area contributed by atoms with Crippen LogP contribution in [0.15, 0.2) is 0 Å². The summed E-state index contributed by atoms with van der Waals surface area (Å²) in [5.41, 5.74) is 9.30. The fraction of sp³-hybridized carbons (Fsp3) is 0.500. The molecule has 0 aromatic carbocycles. The third-order valence-corrected chi connectivity index (χ3v) is 5.65. The number of hydrogen-bond donors (Lipinski definition) is 4. The molecule has 0 aliphatic carbocycles. The number of amides is 2. The van der Waals surface area contributed by atoms with Crippen LogP contribution in [0.4, 0.5) is 0 Å². The van der Waals surface area contributed by atoms with Crippen LogP contribution in [0, 0.1) is 0 Å². The second-order valence-electron chi connectivity index (χ2n) is 2.50. The van der Waals surface area contributed by atoms with Gasteiger partial charge in [-0.15, -0.1) is 0 Å². The van der Waals surface area contributed by atoms with E-state index in [0.29, 0.717) is 0 Å². The maximum atomic E-state index is 11.1. The van der Waals surface area contributed by atoms with Crippen LogP contribution in [-0.4, -0.2) is 33.2 Å². The van der Waals surface area contributed by atoms with E-state index in [1.54, 1.807) is 0 Å². The Labute approximate surface area is 79.6 Å². The highest BCUT2D eigenvalue weighted by Crippen LogP contribution is 2.52. The van der Waals surface area contributed by atoms with E-state index in [9.17, 15) is 18.7 Å². The van der Waals surface area contributed by atoms with E-state index in [2.05, 4.69) is 11.5 Å². The first kappa shape index (κ1) is 13.3. The molecule has 0 fully saturated rings. The lowest BCUT2D eigenvalue weighted by Crippen LogP contribution is -2.28. The second-order valence-corrected chi connectivity index (χ2v) is 6.55. The smallest absolute Gasteiger partial charge is 0.345 e. The summed E-state index contributed by atoms with van der Waals surface area (Å²) in [6, 6.07) is 0. The van der Waals surface area contributed by atoms with Gasteiger partial charge in [0.05, 0.1) is 6.16 Å². The molecule has 0 saturated carbocycles. The highest BCUT2D eigenvalue weighted by Gasteiger charge is 2.39. The standard InChI is InChI=1S/C4H10N2O6P2/c5-2(7)1-13(9)4(3(6)8)14(10,11)12/h4,13H,1H2,(H2,5,7)(H2,6,8)(H2,10,11,12). The van der Waals surface area contributed by atoms with E-state index in [4.69, 9.17) is 9.79 Å². The average Bonchev–Trinajstić information content (AvgIpc) is 1.78. The van der Waals surface area contributed by atoms with E-state index in [0.717, 1.165) is 0 Å². The molecule has 0 spiro atoms. The Morgan fingerprint density at radius 2 is 1.79 bits per heavy atom. The molecule has 8 nitrogen and oxygen atoms in total. The monoisotopic (exact) mass is 244 g/mol. The first-order valence-electron chi connectivity index (χ1n) is 3.31. The lowest BCUT2D eigenvalue weighted by Gasteiger charge is -2.13. The van der Waals surface area contributed by atoms with Gasteiger partial charge in [-0.2, -0.15) is 0 Å². The van der Waals surface area contributed by atoms with Crippen molar-refractivity contribution in [2.75, 3.05) is 6.16 Å². The van der Waals surface area contributed by atoms with Gasteiger partial charge in [-0.25, -0.2) is 0 Å². The van der Waals surface area contributed by atoms with Crippen LogP contribution in [0.1, 0.15) is 0 Å². The van der Waals surface area contributed by atoms with Gasteiger partial charge in [-0.1, -0.05) is 0 Å². The van der Waals surface area contributed by atoms with Crippen molar-refractivity contribution >= 4 is 27.2 Å². The first-order chi connectivity index (χ1) is 6.16. The molecule has 0 aromatic rings. The third kappa shape index (κ3) is 4.02. The van der Waals surface area contributed by atoms with Gasteiger partial charge in [0.1, 0.15) is 7.80 Å². The molecule has 6 N–H and O–H groups in total. The molecule has 0 aliphatic rings. The van der Waals surface area contributed by atoms with Gasteiger partial charge in [0.2, 0.25) is 11.8 Å². The van der Waals surface area contributed by atoms with E-state index >= 15 is 0 Å². The Morgan fingerprint density at radius 1 is 1.36 bits per heavy atom. The maximum Gasteiger partial charge on any atom is 0.345 e. The van der Waals surface area contributed by atoms with Gasteiger partial charge in [0, 0.05) is 0 Å². The highest BCUT2D eigenvalue weighted by molar-refractivity contribution is 7.69. The molecule has 0 rings (SSSR count). The minimum Gasteiger partial charge on any atom is -0.369 e. The number of rotatable bonds is 5. The van der Waals surface area contributed by atoms with Crippen molar-refractivity contribution in [1.82, 2.24) is 0 Å². The molecule has 0 aromatic heterocycles. The molecule has 0 heterocycles. The summed E-state index contributed by atoms with van der Waals surface area (Å²) in [6.07, 6.45) is -0.747. The predicted octanol–water partition coefficient (Wildman–Crippen LogP) is -1.98. The molecule has 0 aliphatic heterocycles. The zero-order valence-corrected chi connectivity index (χ0v) is 8.81. The van der Waals surface area contributed by atoms with E-state index in [1.165, 1.54) is 0 Å². The fourth-order valence-electron chi connectivity index (χ4n) is 0.780. The average molecular weight is 244 g/mol. The maximum absolute atomic E-state index is 11.1. The summed E-state index contributed by atoms with van der Waals surface area (Å²) in [6.45, 7) is 0. The summed E-state index contributed by atoms with van der Waals surface area (Å²) < 4.78 is 21.8. The summed E-state index contributed by atoms with van der Waals surface area (Å²) in [4.78, 5) is 38.1. The summed E-state index contributed by atoms with van der Waals surface area (Å²) in [5, 5.41) is -2.11. The minimum absolute atomic E-state index is 0.747. The normalized spacial score (nSPS) is 15.9. The topological polar surface area (TPSA) is 161 Å². The van der Waals surface area contributed by atoms with E-state index in [-0.39, 0.29) is 0 Å². The van der Waals surface area contributed by atoms with Gasteiger partial charge >= 0.3 is 7.60 Å². The van der Waals surface area contributed by atoms with Crippen LogP contribution < -0.4 is 11.5 Å². The molecular weight excluding hydrogens is 234 g/mol. The fourth-order valence-corrected chi connectivity index (χ4v) is 3.74. The van der Waals surface area contributed by atoms with Crippen molar-refractivity contribution in [3.05, 3.63) is 0 Å². The zero-order valence-electron chi connectivity index (χ0n) is 6.91. The van der Waals surface area contributed by atoms with Gasteiger partial charge in [-0.05, 0) is 0 Å². The largest absolute Gasteiger partial charge is 0.369 e. The van der Waals surface area contributed by atoms with Crippen molar-refractivity contribution in [1.29, 1.82) is 0 Å². The van der Waals surface area contributed by atoms with Crippen molar-refractivity contribution in [2.24, 2.45) is 11.5 Å². The summed E-state index contributed by atoms with van der Waals surface area (Å²) in [7, 11) is -8.04. The molecule has 82 valence electrons. The van der Waals surface area contributed by atoms with Crippen molar-refractivity contribution in [3.63, 3.8) is 0 Å². The molecule has 2 unspecified atom stereocenters.